The molecule has 0 bridgehead atoms. The second-order valence-electron chi connectivity index (χ2n) is 4.93. The first-order valence-electron chi connectivity index (χ1n) is 6.46. The van der Waals surface area contributed by atoms with Gasteiger partial charge in [0.1, 0.15) is 5.82 Å². The Kier molecular flexibility index (Phi) is 4.93. The molecule has 20 heavy (non-hydrogen) atoms. The van der Waals surface area contributed by atoms with E-state index in [1.54, 1.807) is 6.26 Å². The summed E-state index contributed by atoms with van der Waals surface area (Å²) in [5, 5.41) is 3.23. The van der Waals surface area contributed by atoms with Crippen molar-refractivity contribution in [2.24, 2.45) is 0 Å². The lowest BCUT2D eigenvalue weighted by molar-refractivity contribution is 0.488. The smallest absolute Gasteiger partial charge is 0.178 e. The third-order valence-electron chi connectivity index (χ3n) is 3.36. The Morgan fingerprint density at radius 1 is 1.45 bits per heavy atom. The Balaban J connectivity index is 2.13. The van der Waals surface area contributed by atoms with Crippen LogP contribution >= 0.6 is 0 Å². The van der Waals surface area contributed by atoms with E-state index in [0.717, 1.165) is 6.42 Å². The van der Waals surface area contributed by atoms with Crippen LogP contribution in [0.3, 0.4) is 0 Å². The summed E-state index contributed by atoms with van der Waals surface area (Å²) in [7, 11) is -4.12. The highest BCUT2D eigenvalue weighted by Crippen LogP contribution is 2.32. The molecule has 1 heterocycles. The van der Waals surface area contributed by atoms with Gasteiger partial charge in [0.25, 0.3) is 0 Å². The van der Waals surface area contributed by atoms with Crippen LogP contribution in [-0.2, 0) is 20.6 Å². The second-order valence-corrected chi connectivity index (χ2v) is 8.56. The molecule has 0 amide bonds. The van der Waals surface area contributed by atoms with Crippen molar-refractivity contribution in [2.45, 2.75) is 23.8 Å². The number of halogens is 1. The summed E-state index contributed by atoms with van der Waals surface area (Å²) in [6.07, 6.45) is 2.84. The van der Waals surface area contributed by atoms with Crippen LogP contribution in [0, 0.1) is 5.82 Å². The summed E-state index contributed by atoms with van der Waals surface area (Å²) >= 11 is 0. The minimum Gasteiger partial charge on any atom is -0.310 e. The summed E-state index contributed by atoms with van der Waals surface area (Å²) in [6.45, 7) is 0.639. The molecule has 2 atom stereocenters. The van der Waals surface area contributed by atoms with Crippen LogP contribution in [0.1, 0.15) is 24.4 Å². The van der Waals surface area contributed by atoms with Crippen molar-refractivity contribution in [1.29, 1.82) is 0 Å². The van der Waals surface area contributed by atoms with Crippen LogP contribution < -0.4 is 5.32 Å². The van der Waals surface area contributed by atoms with E-state index < -0.39 is 26.5 Å². The fourth-order valence-corrected chi connectivity index (χ4v) is 4.53. The van der Waals surface area contributed by atoms with Gasteiger partial charge in [-0.25, -0.2) is 12.8 Å². The number of hydrogen-bond acceptors (Lipinski definition) is 4. The Morgan fingerprint density at radius 3 is 2.90 bits per heavy atom. The van der Waals surface area contributed by atoms with Gasteiger partial charge in [-0.05, 0) is 43.1 Å². The first kappa shape index (κ1) is 15.6. The molecule has 0 radical (unpaired) electrons. The van der Waals surface area contributed by atoms with Gasteiger partial charge in [-0.1, -0.05) is 0 Å². The van der Waals surface area contributed by atoms with Crippen molar-refractivity contribution < 1.29 is 17.0 Å². The van der Waals surface area contributed by atoms with Gasteiger partial charge in [-0.3, -0.25) is 4.21 Å². The van der Waals surface area contributed by atoms with Gasteiger partial charge < -0.3 is 5.32 Å². The quantitative estimate of drug-likeness (QED) is 0.658. The number of nitrogens with one attached hydrogen (secondary N) is 1. The Hall–Kier alpha value is -0.790. The summed E-state index contributed by atoms with van der Waals surface area (Å²) in [5.74, 6) is 0.249. The molecule has 7 heteroatoms. The lowest BCUT2D eigenvalue weighted by atomic mass is 10.0. The van der Waals surface area contributed by atoms with Gasteiger partial charge in [0.05, 0.1) is 10.6 Å². The normalized spacial score (nSPS) is 22.2. The second kappa shape index (κ2) is 6.32. The van der Waals surface area contributed by atoms with Crippen molar-refractivity contribution in [3.05, 3.63) is 29.6 Å². The van der Waals surface area contributed by atoms with Crippen molar-refractivity contribution in [3.8, 4) is 0 Å². The van der Waals surface area contributed by atoms with E-state index in [4.69, 9.17) is 0 Å². The number of hydrogen-bond donors (Lipinski definition) is 1. The maximum atomic E-state index is 13.4. The molecule has 4 nitrogen and oxygen atoms in total. The van der Waals surface area contributed by atoms with Crippen LogP contribution in [0.15, 0.2) is 23.1 Å². The zero-order chi connectivity index (χ0) is 14.8. The van der Waals surface area contributed by atoms with E-state index >= 15 is 0 Å². The predicted octanol–water partition coefficient (Wildman–Crippen LogP) is 1.40. The molecule has 1 aliphatic heterocycles. The van der Waals surface area contributed by atoms with E-state index in [2.05, 4.69) is 5.32 Å². The maximum absolute atomic E-state index is 13.4. The van der Waals surface area contributed by atoms with Gasteiger partial charge in [0.2, 0.25) is 0 Å². The largest absolute Gasteiger partial charge is 0.310 e. The highest BCUT2D eigenvalue weighted by molar-refractivity contribution is 7.91. The molecule has 1 aromatic rings. The van der Waals surface area contributed by atoms with E-state index in [0.29, 0.717) is 24.3 Å². The molecule has 1 aliphatic rings. The molecule has 2 unspecified atom stereocenters. The van der Waals surface area contributed by atoms with Gasteiger partial charge in [-0.2, -0.15) is 0 Å². The zero-order valence-corrected chi connectivity index (χ0v) is 12.9. The molecule has 0 aromatic heterocycles. The lowest BCUT2D eigenvalue weighted by Gasteiger charge is -2.26. The third-order valence-corrected chi connectivity index (χ3v) is 6.04. The molecule has 112 valence electrons. The molecule has 0 saturated heterocycles. The van der Waals surface area contributed by atoms with Crippen molar-refractivity contribution in [1.82, 2.24) is 5.32 Å². The summed E-state index contributed by atoms with van der Waals surface area (Å²) in [4.78, 5) is 0.224. The minimum absolute atomic E-state index is 0.0724. The summed E-state index contributed by atoms with van der Waals surface area (Å²) in [5.41, 5.74) is 0.508. The van der Waals surface area contributed by atoms with Crippen LogP contribution in [-0.4, -0.2) is 36.9 Å². The zero-order valence-electron chi connectivity index (χ0n) is 11.3. The molecule has 1 aromatic carbocycles. The topological polar surface area (TPSA) is 63.2 Å². The highest BCUT2D eigenvalue weighted by atomic mass is 32.2. The van der Waals surface area contributed by atoms with E-state index in [-0.39, 0.29) is 16.7 Å². The fraction of sp³-hybridized carbons (Fsp3) is 0.538. The third kappa shape index (κ3) is 3.65. The van der Waals surface area contributed by atoms with Crippen LogP contribution in [0.4, 0.5) is 4.39 Å². The fourth-order valence-electron chi connectivity index (χ4n) is 2.38. The minimum atomic E-state index is -3.29. The van der Waals surface area contributed by atoms with Crippen LogP contribution in [0.25, 0.3) is 0 Å². The molecule has 0 spiro atoms. The van der Waals surface area contributed by atoms with Crippen molar-refractivity contribution in [3.63, 3.8) is 0 Å². The van der Waals surface area contributed by atoms with E-state index in [1.165, 1.54) is 18.2 Å². The standard InChI is InChI=1S/C13H18FNO3S2/c1-19(16)7-2-6-15-12-5-8-20(17,18)13-4-3-10(14)9-11(12)13/h3-4,9,12,15H,2,5-8H2,1H3. The van der Waals surface area contributed by atoms with Gasteiger partial charge in [0.15, 0.2) is 9.84 Å². The van der Waals surface area contributed by atoms with Crippen molar-refractivity contribution in [2.75, 3.05) is 24.3 Å². The average molecular weight is 319 g/mol. The van der Waals surface area contributed by atoms with E-state index in [1.807, 2.05) is 0 Å². The average Bonchev–Trinajstić information content (AvgIpc) is 2.36. The van der Waals surface area contributed by atoms with Crippen LogP contribution in [0.5, 0.6) is 0 Å². The highest BCUT2D eigenvalue weighted by Gasteiger charge is 2.30. The Morgan fingerprint density at radius 2 is 2.20 bits per heavy atom. The molecule has 0 fully saturated rings. The lowest BCUT2D eigenvalue weighted by Crippen LogP contribution is -2.31. The monoisotopic (exact) mass is 319 g/mol. The number of rotatable bonds is 5. The van der Waals surface area contributed by atoms with Crippen LogP contribution in [0.2, 0.25) is 0 Å². The summed E-state index contributed by atoms with van der Waals surface area (Å²) in [6, 6.07) is 3.66. The first-order chi connectivity index (χ1) is 9.40. The Labute approximate surface area is 121 Å². The van der Waals surface area contributed by atoms with Gasteiger partial charge >= 0.3 is 0 Å². The summed E-state index contributed by atoms with van der Waals surface area (Å²) < 4.78 is 48.2. The van der Waals surface area contributed by atoms with Gasteiger partial charge in [-0.15, -0.1) is 0 Å². The molecular weight excluding hydrogens is 301 g/mol. The number of sulfone groups is 1. The number of fused-ring (bicyclic) bond motifs is 1. The first-order valence-corrected chi connectivity index (χ1v) is 9.84. The Bertz CT molecular complexity index is 616. The molecule has 0 saturated carbocycles. The predicted molar refractivity (Wildman–Crippen MR) is 77.4 cm³/mol. The molecular formula is C13H18FNO3S2. The van der Waals surface area contributed by atoms with Gasteiger partial charge in [0, 0.05) is 28.9 Å². The van der Waals surface area contributed by atoms with E-state index in [9.17, 15) is 17.0 Å². The molecule has 1 N–H and O–H groups in total. The maximum Gasteiger partial charge on any atom is 0.178 e. The SMILES string of the molecule is CS(=O)CCCNC1CCS(=O)(=O)c2ccc(F)cc21. The van der Waals surface area contributed by atoms with Crippen molar-refractivity contribution >= 4 is 20.6 Å². The molecule has 2 rings (SSSR count). The molecule has 0 aliphatic carbocycles. The number of benzene rings is 1.